The van der Waals surface area contributed by atoms with Crippen molar-refractivity contribution < 1.29 is 18.3 Å². The number of methoxy groups -OCH3 is 2. The molecule has 27 heavy (non-hydrogen) atoms. The quantitative estimate of drug-likeness (QED) is 0.469. The molecule has 2 heterocycles. The van der Waals surface area contributed by atoms with Crippen LogP contribution < -0.4 is 25.8 Å². The van der Waals surface area contributed by atoms with Gasteiger partial charge in [-0.05, 0) is 36.4 Å². The third-order valence-electron chi connectivity index (χ3n) is 4.29. The van der Waals surface area contributed by atoms with E-state index in [0.29, 0.717) is 0 Å². The van der Waals surface area contributed by atoms with Crippen molar-refractivity contribution in [1.29, 1.82) is 0 Å². The first-order chi connectivity index (χ1) is 13.3. The van der Waals surface area contributed by atoms with Gasteiger partial charge in [0.05, 0.1) is 34.7 Å². The zero-order valence-corrected chi connectivity index (χ0v) is 16.0. The molecule has 0 unspecified atom stereocenters. The lowest BCUT2D eigenvalue weighted by Gasteiger charge is -2.21. The van der Waals surface area contributed by atoms with E-state index >= 15 is 0 Å². The van der Waals surface area contributed by atoms with Crippen molar-refractivity contribution in [3.63, 3.8) is 0 Å². The number of ether oxygens (including phenoxy) is 2. The Labute approximate surface area is 159 Å². The van der Waals surface area contributed by atoms with E-state index in [-0.39, 0.29) is 0 Å². The predicted octanol–water partition coefficient (Wildman–Crippen LogP) is 4.32. The molecular formula is C22H19O4P. The summed E-state index contributed by atoms with van der Waals surface area (Å²) in [5.41, 5.74) is 3.68. The van der Waals surface area contributed by atoms with E-state index in [2.05, 4.69) is 6.07 Å². The maximum atomic E-state index is 5.79. The average molecular weight is 378 g/mol. The topological polar surface area (TPSA) is 44.7 Å². The van der Waals surface area contributed by atoms with E-state index < -0.39 is 7.92 Å². The molecule has 4 nitrogen and oxygen atoms in total. The van der Waals surface area contributed by atoms with Crippen LogP contribution in [0, 0.1) is 0 Å². The van der Waals surface area contributed by atoms with Crippen LogP contribution in [0.2, 0.25) is 0 Å². The highest BCUT2D eigenvalue weighted by Crippen LogP contribution is 2.43. The fourth-order valence-electron chi connectivity index (χ4n) is 3.14. The van der Waals surface area contributed by atoms with Crippen LogP contribution in [-0.4, -0.2) is 14.2 Å². The Hall–Kier alpha value is -2.97. The van der Waals surface area contributed by atoms with Crippen LogP contribution >= 0.6 is 7.92 Å². The smallest absolute Gasteiger partial charge is 0.137 e. The normalized spacial score (nSPS) is 10.9. The van der Waals surface area contributed by atoms with E-state index in [1.165, 1.54) is 0 Å². The highest BCUT2D eigenvalue weighted by Gasteiger charge is 2.27. The second-order valence-electron chi connectivity index (χ2n) is 5.79. The molecule has 0 radical (unpaired) electrons. The van der Waals surface area contributed by atoms with Gasteiger partial charge in [0.15, 0.2) is 0 Å². The molecule has 5 heteroatoms. The zero-order valence-electron chi connectivity index (χ0n) is 15.1. The standard InChI is InChI=1S/C22H19O4P/c1-23-17-9-4-3-8-16(17)22-18(24-2)10-5-11-19(22)27(20-12-6-14-25-20)21-13-7-15-26-21/h3-15H,1-2H3. The first kappa shape index (κ1) is 17.4. The van der Waals surface area contributed by atoms with Crippen LogP contribution in [0.15, 0.2) is 88.1 Å². The summed E-state index contributed by atoms with van der Waals surface area (Å²) in [6, 6.07) is 21.8. The van der Waals surface area contributed by atoms with Crippen LogP contribution in [-0.2, 0) is 0 Å². The molecule has 0 aliphatic heterocycles. The number of rotatable bonds is 6. The predicted molar refractivity (Wildman–Crippen MR) is 108 cm³/mol. The maximum absolute atomic E-state index is 5.79. The molecule has 136 valence electrons. The molecule has 0 saturated carbocycles. The third-order valence-corrected chi connectivity index (χ3v) is 6.54. The average Bonchev–Trinajstić information content (AvgIpc) is 3.43. The summed E-state index contributed by atoms with van der Waals surface area (Å²) in [6.45, 7) is 0. The molecule has 0 amide bonds. The Kier molecular flexibility index (Phi) is 4.99. The Balaban J connectivity index is 2.00. The van der Waals surface area contributed by atoms with Crippen molar-refractivity contribution in [1.82, 2.24) is 0 Å². The Bertz CT molecular complexity index is 972. The summed E-state index contributed by atoms with van der Waals surface area (Å²) >= 11 is 0. The van der Waals surface area contributed by atoms with Crippen molar-refractivity contribution in [3.05, 3.63) is 79.3 Å². The zero-order chi connectivity index (χ0) is 18.6. The molecule has 0 aliphatic rings. The largest absolute Gasteiger partial charge is 0.496 e. The van der Waals surface area contributed by atoms with Gasteiger partial charge in [-0.2, -0.15) is 0 Å². The lowest BCUT2D eigenvalue weighted by Crippen LogP contribution is -2.21. The number of hydrogen-bond acceptors (Lipinski definition) is 4. The molecule has 0 fully saturated rings. The van der Waals surface area contributed by atoms with Crippen molar-refractivity contribution in [2.24, 2.45) is 0 Å². The van der Waals surface area contributed by atoms with Gasteiger partial charge in [-0.3, -0.25) is 0 Å². The molecule has 2 aromatic carbocycles. The Morgan fingerprint density at radius 3 is 1.89 bits per heavy atom. The van der Waals surface area contributed by atoms with Gasteiger partial charge in [0.2, 0.25) is 0 Å². The highest BCUT2D eigenvalue weighted by molar-refractivity contribution is 7.79. The minimum atomic E-state index is -1.02. The number of para-hydroxylation sites is 1. The van der Waals surface area contributed by atoms with Gasteiger partial charge in [-0.1, -0.05) is 30.3 Å². The van der Waals surface area contributed by atoms with Crippen molar-refractivity contribution >= 4 is 24.2 Å². The van der Waals surface area contributed by atoms with Gasteiger partial charge in [0.1, 0.15) is 22.5 Å². The van der Waals surface area contributed by atoms with E-state index in [1.54, 1.807) is 26.7 Å². The first-order valence-corrected chi connectivity index (χ1v) is 9.85. The molecule has 0 spiro atoms. The van der Waals surface area contributed by atoms with E-state index in [4.69, 9.17) is 18.3 Å². The number of benzene rings is 2. The minimum Gasteiger partial charge on any atom is -0.496 e. The van der Waals surface area contributed by atoms with Gasteiger partial charge in [-0.15, -0.1) is 0 Å². The summed E-state index contributed by atoms with van der Waals surface area (Å²) in [6.07, 6.45) is 3.38. The van der Waals surface area contributed by atoms with E-state index in [1.807, 2.05) is 60.7 Å². The van der Waals surface area contributed by atoms with Gasteiger partial charge >= 0.3 is 0 Å². The lowest BCUT2D eigenvalue weighted by atomic mass is 10.0. The van der Waals surface area contributed by atoms with E-state index in [0.717, 1.165) is 38.9 Å². The SMILES string of the molecule is COc1ccccc1-c1c(OC)cccc1P(c1ccco1)c1ccco1. The fourth-order valence-corrected chi connectivity index (χ4v) is 5.32. The van der Waals surface area contributed by atoms with Crippen molar-refractivity contribution in [2.75, 3.05) is 14.2 Å². The molecular weight excluding hydrogens is 359 g/mol. The fraction of sp³-hybridized carbons (Fsp3) is 0.0909. The highest BCUT2D eigenvalue weighted by atomic mass is 31.1. The van der Waals surface area contributed by atoms with Crippen LogP contribution in [0.5, 0.6) is 11.5 Å². The van der Waals surface area contributed by atoms with Gasteiger partial charge in [0, 0.05) is 16.4 Å². The van der Waals surface area contributed by atoms with Crippen molar-refractivity contribution in [3.8, 4) is 22.6 Å². The van der Waals surface area contributed by atoms with Crippen LogP contribution in [0.3, 0.4) is 0 Å². The molecule has 0 bridgehead atoms. The molecule has 0 atom stereocenters. The second kappa shape index (κ2) is 7.73. The van der Waals surface area contributed by atoms with Crippen LogP contribution in [0.4, 0.5) is 0 Å². The van der Waals surface area contributed by atoms with Gasteiger partial charge in [-0.25, -0.2) is 0 Å². The summed E-state index contributed by atoms with van der Waals surface area (Å²) < 4.78 is 22.9. The monoisotopic (exact) mass is 378 g/mol. The second-order valence-corrected chi connectivity index (χ2v) is 7.83. The summed E-state index contributed by atoms with van der Waals surface area (Å²) in [5, 5.41) is 1.08. The third kappa shape index (κ3) is 3.24. The minimum absolute atomic E-state index is 0.780. The summed E-state index contributed by atoms with van der Waals surface area (Å²) in [7, 11) is 2.33. The Morgan fingerprint density at radius 2 is 1.30 bits per heavy atom. The summed E-state index contributed by atoms with van der Waals surface area (Å²) in [4.78, 5) is 0. The molecule has 0 aliphatic carbocycles. The van der Waals surface area contributed by atoms with Crippen LogP contribution in [0.1, 0.15) is 0 Å². The van der Waals surface area contributed by atoms with Gasteiger partial charge < -0.3 is 18.3 Å². The Morgan fingerprint density at radius 1 is 0.667 bits per heavy atom. The molecule has 2 aromatic heterocycles. The van der Waals surface area contributed by atoms with E-state index in [9.17, 15) is 0 Å². The van der Waals surface area contributed by atoms with Gasteiger partial charge in [0.25, 0.3) is 0 Å². The molecule has 0 saturated heterocycles. The maximum Gasteiger partial charge on any atom is 0.137 e. The molecule has 4 rings (SSSR count). The summed E-state index contributed by atoms with van der Waals surface area (Å²) in [5.74, 6) is 1.57. The number of furan rings is 2. The molecule has 0 N–H and O–H groups in total. The molecule has 4 aromatic rings. The number of hydrogen-bond donors (Lipinski definition) is 0. The van der Waals surface area contributed by atoms with Crippen LogP contribution in [0.25, 0.3) is 11.1 Å². The lowest BCUT2D eigenvalue weighted by molar-refractivity contribution is 0.410. The first-order valence-electron chi connectivity index (χ1n) is 8.51. The van der Waals surface area contributed by atoms with Crippen molar-refractivity contribution in [2.45, 2.75) is 0 Å².